The van der Waals surface area contributed by atoms with Crippen LogP contribution in [0.4, 0.5) is 0 Å². The summed E-state index contributed by atoms with van der Waals surface area (Å²) in [5, 5.41) is 3.44. The van der Waals surface area contributed by atoms with Crippen molar-refractivity contribution in [1.82, 2.24) is 5.32 Å². The van der Waals surface area contributed by atoms with Crippen molar-refractivity contribution in [2.75, 3.05) is 0 Å². The first kappa shape index (κ1) is 15.1. The fourth-order valence-electron chi connectivity index (χ4n) is 1.97. The molecule has 0 heterocycles. The van der Waals surface area contributed by atoms with Gasteiger partial charge >= 0.3 is 0 Å². The first-order valence-electron chi connectivity index (χ1n) is 6.36. The van der Waals surface area contributed by atoms with Crippen molar-refractivity contribution in [1.29, 1.82) is 0 Å². The van der Waals surface area contributed by atoms with Gasteiger partial charge in [-0.1, -0.05) is 51.8 Å². The number of hydrogen-bond donors (Lipinski definition) is 1. The van der Waals surface area contributed by atoms with Crippen molar-refractivity contribution in [3.8, 4) is 0 Å². The number of rotatable bonds is 4. The number of carbonyl (C=O) groups is 1. The van der Waals surface area contributed by atoms with Crippen molar-refractivity contribution in [2.24, 2.45) is 0 Å². The van der Waals surface area contributed by atoms with Gasteiger partial charge in [0.05, 0.1) is 10.6 Å². The zero-order valence-electron chi connectivity index (χ0n) is 11.1. The first-order chi connectivity index (χ1) is 9.56. The molecule has 4 heteroatoms. The Balaban J connectivity index is 1.98. The van der Waals surface area contributed by atoms with Gasteiger partial charge in [-0.05, 0) is 43.2 Å². The molecule has 104 valence electrons. The summed E-state index contributed by atoms with van der Waals surface area (Å²) < 4.78 is 1.05. The molecule has 2 nitrogen and oxygen atoms in total. The van der Waals surface area contributed by atoms with Gasteiger partial charge in [0.15, 0.2) is 0 Å². The lowest BCUT2D eigenvalue weighted by atomic mass is 10.1. The summed E-state index contributed by atoms with van der Waals surface area (Å²) in [5.41, 5.74) is 1.69. The van der Waals surface area contributed by atoms with Gasteiger partial charge in [0.2, 0.25) is 0 Å². The standard InChI is InChI=1S/C16H15BrClNO/c1-11(10-12-6-8-13(17)9-7-12)19-16(20)14-4-2-3-5-15(14)18/h2-9,11H,10H2,1H3,(H,19,20). The van der Waals surface area contributed by atoms with E-state index in [0.29, 0.717) is 10.6 Å². The molecule has 0 saturated carbocycles. The van der Waals surface area contributed by atoms with Crippen LogP contribution in [0.15, 0.2) is 53.0 Å². The molecule has 20 heavy (non-hydrogen) atoms. The number of halogens is 2. The third kappa shape index (κ3) is 4.09. The topological polar surface area (TPSA) is 29.1 Å². The minimum absolute atomic E-state index is 0.0416. The fraction of sp³-hybridized carbons (Fsp3) is 0.188. The molecule has 0 saturated heterocycles. The van der Waals surface area contributed by atoms with Crippen LogP contribution in [0.5, 0.6) is 0 Å². The lowest BCUT2D eigenvalue weighted by Crippen LogP contribution is -2.34. The van der Waals surface area contributed by atoms with Crippen LogP contribution < -0.4 is 5.32 Å². The molecule has 1 unspecified atom stereocenters. The van der Waals surface area contributed by atoms with Gasteiger partial charge in [-0.25, -0.2) is 0 Å². The van der Waals surface area contributed by atoms with E-state index in [2.05, 4.69) is 21.2 Å². The quantitative estimate of drug-likeness (QED) is 0.864. The maximum Gasteiger partial charge on any atom is 0.253 e. The van der Waals surface area contributed by atoms with E-state index in [4.69, 9.17) is 11.6 Å². The minimum atomic E-state index is -0.139. The molecule has 1 amide bonds. The van der Waals surface area contributed by atoms with Crippen LogP contribution in [0.1, 0.15) is 22.8 Å². The van der Waals surface area contributed by atoms with E-state index < -0.39 is 0 Å². The maximum atomic E-state index is 12.1. The molecule has 2 aromatic rings. The zero-order chi connectivity index (χ0) is 14.5. The molecular weight excluding hydrogens is 338 g/mol. The van der Waals surface area contributed by atoms with Gasteiger partial charge in [0.25, 0.3) is 5.91 Å². The van der Waals surface area contributed by atoms with Crippen molar-refractivity contribution in [3.05, 3.63) is 69.2 Å². The van der Waals surface area contributed by atoms with Crippen LogP contribution in [0, 0.1) is 0 Å². The Morgan fingerprint density at radius 2 is 1.85 bits per heavy atom. The monoisotopic (exact) mass is 351 g/mol. The van der Waals surface area contributed by atoms with Crippen LogP contribution in [0.25, 0.3) is 0 Å². The van der Waals surface area contributed by atoms with E-state index in [0.717, 1.165) is 10.9 Å². The van der Waals surface area contributed by atoms with Crippen LogP contribution in [-0.4, -0.2) is 11.9 Å². The van der Waals surface area contributed by atoms with Gasteiger partial charge in [0.1, 0.15) is 0 Å². The Labute approximate surface area is 132 Å². The minimum Gasteiger partial charge on any atom is -0.349 e. The molecule has 0 radical (unpaired) electrons. The molecule has 1 atom stereocenters. The molecular formula is C16H15BrClNO. The summed E-state index contributed by atoms with van der Waals surface area (Å²) in [7, 11) is 0. The smallest absolute Gasteiger partial charge is 0.253 e. The largest absolute Gasteiger partial charge is 0.349 e. The molecule has 2 aromatic carbocycles. The number of amides is 1. The highest BCUT2D eigenvalue weighted by molar-refractivity contribution is 9.10. The number of carbonyl (C=O) groups excluding carboxylic acids is 1. The number of benzene rings is 2. The van der Waals surface area contributed by atoms with E-state index in [-0.39, 0.29) is 11.9 Å². The number of hydrogen-bond acceptors (Lipinski definition) is 1. The van der Waals surface area contributed by atoms with Crippen molar-refractivity contribution >= 4 is 33.4 Å². The normalized spacial score (nSPS) is 11.9. The number of nitrogens with one attached hydrogen (secondary N) is 1. The summed E-state index contributed by atoms with van der Waals surface area (Å²) in [6.45, 7) is 1.98. The van der Waals surface area contributed by atoms with Gasteiger partial charge in [-0.15, -0.1) is 0 Å². The molecule has 0 aliphatic carbocycles. The van der Waals surface area contributed by atoms with E-state index in [1.807, 2.05) is 37.3 Å². The van der Waals surface area contributed by atoms with E-state index in [1.54, 1.807) is 18.2 Å². The second kappa shape index (κ2) is 6.91. The Hall–Kier alpha value is -1.32. The molecule has 2 rings (SSSR count). The SMILES string of the molecule is CC(Cc1ccc(Br)cc1)NC(=O)c1ccccc1Cl. The van der Waals surface area contributed by atoms with Crippen LogP contribution >= 0.6 is 27.5 Å². The Kier molecular flexibility index (Phi) is 5.21. The Morgan fingerprint density at radius 1 is 1.20 bits per heavy atom. The summed E-state index contributed by atoms with van der Waals surface area (Å²) in [5.74, 6) is -0.139. The Morgan fingerprint density at radius 3 is 2.50 bits per heavy atom. The zero-order valence-corrected chi connectivity index (χ0v) is 13.4. The fourth-order valence-corrected chi connectivity index (χ4v) is 2.46. The van der Waals surface area contributed by atoms with E-state index in [1.165, 1.54) is 5.56 Å². The van der Waals surface area contributed by atoms with Crippen LogP contribution in [0.2, 0.25) is 5.02 Å². The third-order valence-corrected chi connectivity index (χ3v) is 3.81. The van der Waals surface area contributed by atoms with Gasteiger partial charge < -0.3 is 5.32 Å². The van der Waals surface area contributed by atoms with E-state index >= 15 is 0 Å². The van der Waals surface area contributed by atoms with E-state index in [9.17, 15) is 4.79 Å². The molecule has 1 N–H and O–H groups in total. The molecule has 0 spiro atoms. The lowest BCUT2D eigenvalue weighted by Gasteiger charge is -2.14. The molecule has 0 aromatic heterocycles. The highest BCUT2D eigenvalue weighted by Crippen LogP contribution is 2.15. The van der Waals surface area contributed by atoms with Crippen molar-refractivity contribution in [2.45, 2.75) is 19.4 Å². The third-order valence-electron chi connectivity index (χ3n) is 2.95. The lowest BCUT2D eigenvalue weighted by molar-refractivity contribution is 0.0940. The summed E-state index contributed by atoms with van der Waals surface area (Å²) in [6, 6.07) is 15.2. The Bertz CT molecular complexity index is 598. The average Bonchev–Trinajstić information content (AvgIpc) is 2.41. The van der Waals surface area contributed by atoms with Gasteiger partial charge in [0, 0.05) is 10.5 Å². The summed E-state index contributed by atoms with van der Waals surface area (Å²) in [6.07, 6.45) is 0.781. The predicted octanol–water partition coefficient (Wildman–Crippen LogP) is 4.46. The van der Waals surface area contributed by atoms with Crippen molar-refractivity contribution in [3.63, 3.8) is 0 Å². The first-order valence-corrected chi connectivity index (χ1v) is 7.53. The summed E-state index contributed by atoms with van der Waals surface area (Å²) >= 11 is 9.42. The molecule has 0 aliphatic rings. The molecule has 0 fully saturated rings. The summed E-state index contributed by atoms with van der Waals surface area (Å²) in [4.78, 5) is 12.1. The van der Waals surface area contributed by atoms with Crippen LogP contribution in [-0.2, 0) is 6.42 Å². The molecule has 0 aliphatic heterocycles. The molecule has 0 bridgehead atoms. The maximum absolute atomic E-state index is 12.1. The highest BCUT2D eigenvalue weighted by Gasteiger charge is 2.12. The highest BCUT2D eigenvalue weighted by atomic mass is 79.9. The van der Waals surface area contributed by atoms with Crippen LogP contribution in [0.3, 0.4) is 0 Å². The second-order valence-corrected chi connectivity index (χ2v) is 6.01. The second-order valence-electron chi connectivity index (χ2n) is 4.68. The predicted molar refractivity (Wildman–Crippen MR) is 86.2 cm³/mol. The van der Waals surface area contributed by atoms with Gasteiger partial charge in [-0.3, -0.25) is 4.79 Å². The van der Waals surface area contributed by atoms with Gasteiger partial charge in [-0.2, -0.15) is 0 Å². The average molecular weight is 353 g/mol. The van der Waals surface area contributed by atoms with Crippen molar-refractivity contribution < 1.29 is 4.79 Å².